The van der Waals surface area contributed by atoms with Gasteiger partial charge in [0, 0.05) is 25.0 Å². The van der Waals surface area contributed by atoms with Gasteiger partial charge in [0.2, 0.25) is 0 Å². The second-order valence-corrected chi connectivity index (χ2v) is 6.41. The van der Waals surface area contributed by atoms with Crippen molar-refractivity contribution in [3.63, 3.8) is 0 Å². The van der Waals surface area contributed by atoms with Gasteiger partial charge in [-0.15, -0.1) is 12.3 Å². The van der Waals surface area contributed by atoms with Crippen LogP contribution in [0.25, 0.3) is 0 Å². The van der Waals surface area contributed by atoms with Crippen molar-refractivity contribution < 1.29 is 5.11 Å². The molecule has 2 atom stereocenters. The molecule has 2 aliphatic heterocycles. The molecule has 2 fully saturated rings. The molecule has 3 rings (SSSR count). The number of rotatable bonds is 3. The minimum Gasteiger partial charge on any atom is -0.389 e. The van der Waals surface area contributed by atoms with Gasteiger partial charge in [0.25, 0.3) is 0 Å². The summed E-state index contributed by atoms with van der Waals surface area (Å²) in [5.41, 5.74) is 0.740. The van der Waals surface area contributed by atoms with Crippen molar-refractivity contribution in [2.75, 3.05) is 0 Å². The Morgan fingerprint density at radius 2 is 1.85 bits per heavy atom. The van der Waals surface area contributed by atoms with E-state index in [9.17, 15) is 5.11 Å². The second kappa shape index (κ2) is 5.60. The fraction of sp³-hybridized carbons (Fsp3) is 0.556. The zero-order valence-electron chi connectivity index (χ0n) is 12.0. The van der Waals surface area contributed by atoms with Crippen LogP contribution in [0.1, 0.15) is 44.1 Å². The molecule has 2 saturated heterocycles. The summed E-state index contributed by atoms with van der Waals surface area (Å²) in [6.45, 7) is 1.00. The number of fused-ring (bicyclic) bond motifs is 2. The maximum atomic E-state index is 10.7. The molecule has 0 saturated carbocycles. The number of hydrogen-bond donors (Lipinski definition) is 1. The van der Waals surface area contributed by atoms with Gasteiger partial charge in [0.1, 0.15) is 0 Å². The van der Waals surface area contributed by atoms with E-state index < -0.39 is 5.60 Å². The molecule has 2 unspecified atom stereocenters. The highest BCUT2D eigenvalue weighted by Gasteiger charge is 2.44. The summed E-state index contributed by atoms with van der Waals surface area (Å²) in [4.78, 5) is 2.60. The molecule has 106 valence electrons. The first-order valence-electron chi connectivity index (χ1n) is 7.66. The fourth-order valence-electron chi connectivity index (χ4n) is 4.00. The zero-order valence-corrected chi connectivity index (χ0v) is 12.0. The predicted octanol–water partition coefficient (Wildman–Crippen LogP) is 2.96. The molecule has 1 aromatic rings. The number of benzene rings is 1. The Kier molecular flexibility index (Phi) is 3.83. The van der Waals surface area contributed by atoms with Gasteiger partial charge in [-0.25, -0.2) is 0 Å². The van der Waals surface area contributed by atoms with E-state index in [4.69, 9.17) is 6.42 Å². The summed E-state index contributed by atoms with van der Waals surface area (Å²) in [7, 11) is 0. The van der Waals surface area contributed by atoms with E-state index in [2.05, 4.69) is 41.2 Å². The van der Waals surface area contributed by atoms with E-state index in [1.807, 2.05) is 0 Å². The lowest BCUT2D eigenvalue weighted by molar-refractivity contribution is -0.0922. The first kappa shape index (κ1) is 13.7. The van der Waals surface area contributed by atoms with E-state index in [0.717, 1.165) is 19.4 Å². The van der Waals surface area contributed by atoms with Gasteiger partial charge in [0.05, 0.1) is 5.60 Å². The highest BCUT2D eigenvalue weighted by molar-refractivity contribution is 5.16. The Hall–Kier alpha value is -1.30. The molecule has 20 heavy (non-hydrogen) atoms. The Morgan fingerprint density at radius 3 is 2.45 bits per heavy atom. The van der Waals surface area contributed by atoms with Crippen LogP contribution in [0.5, 0.6) is 0 Å². The summed E-state index contributed by atoms with van der Waals surface area (Å²) in [5, 5.41) is 10.7. The molecule has 0 aliphatic carbocycles. The molecule has 1 N–H and O–H groups in total. The van der Waals surface area contributed by atoms with Crippen LogP contribution in [0.15, 0.2) is 30.3 Å². The first-order valence-corrected chi connectivity index (χ1v) is 7.66. The van der Waals surface area contributed by atoms with E-state index in [1.54, 1.807) is 0 Å². The molecule has 0 amide bonds. The Bertz CT molecular complexity index is 476. The lowest BCUT2D eigenvalue weighted by Crippen LogP contribution is -2.57. The third-order valence-electron chi connectivity index (χ3n) is 4.88. The van der Waals surface area contributed by atoms with Gasteiger partial charge >= 0.3 is 0 Å². The minimum atomic E-state index is -0.627. The molecule has 2 bridgehead atoms. The van der Waals surface area contributed by atoms with E-state index in [1.165, 1.54) is 24.8 Å². The molecule has 0 aromatic heterocycles. The van der Waals surface area contributed by atoms with Gasteiger partial charge < -0.3 is 5.11 Å². The molecule has 2 aliphatic rings. The lowest BCUT2D eigenvalue weighted by Gasteiger charge is -2.52. The summed E-state index contributed by atoms with van der Waals surface area (Å²) in [5.74, 6) is 2.66. The number of aliphatic hydroxyl groups is 1. The maximum absolute atomic E-state index is 10.7. The van der Waals surface area contributed by atoms with Crippen molar-refractivity contribution in [1.29, 1.82) is 0 Å². The standard InChI is InChI=1S/C18H23NO/c1-2-11-18(20)12-16-9-6-10-17(13-18)19(16)14-15-7-4-3-5-8-15/h1,3-5,7-8,16-17,20H,6,9-14H2. The second-order valence-electron chi connectivity index (χ2n) is 6.41. The van der Waals surface area contributed by atoms with Crippen LogP contribution < -0.4 is 0 Å². The van der Waals surface area contributed by atoms with E-state index in [-0.39, 0.29) is 0 Å². The highest BCUT2D eigenvalue weighted by Crippen LogP contribution is 2.41. The molecule has 0 radical (unpaired) electrons. The topological polar surface area (TPSA) is 23.5 Å². The predicted molar refractivity (Wildman–Crippen MR) is 81.0 cm³/mol. The monoisotopic (exact) mass is 269 g/mol. The van der Waals surface area contributed by atoms with Gasteiger partial charge in [-0.3, -0.25) is 4.90 Å². The molecule has 2 nitrogen and oxygen atoms in total. The summed E-state index contributed by atoms with van der Waals surface area (Å²) in [6, 6.07) is 11.6. The Labute approximate surface area is 121 Å². The van der Waals surface area contributed by atoms with Crippen molar-refractivity contribution in [3.05, 3.63) is 35.9 Å². The van der Waals surface area contributed by atoms with Crippen molar-refractivity contribution in [2.24, 2.45) is 0 Å². The van der Waals surface area contributed by atoms with Crippen molar-refractivity contribution in [2.45, 2.75) is 62.8 Å². The third kappa shape index (κ3) is 2.75. The largest absolute Gasteiger partial charge is 0.389 e. The van der Waals surface area contributed by atoms with Crippen LogP contribution in [-0.2, 0) is 6.54 Å². The summed E-state index contributed by atoms with van der Waals surface area (Å²) >= 11 is 0. The normalized spacial score (nSPS) is 33.6. The van der Waals surface area contributed by atoms with Gasteiger partial charge in [0.15, 0.2) is 0 Å². The molecule has 2 heteroatoms. The van der Waals surface area contributed by atoms with Gasteiger partial charge in [-0.2, -0.15) is 0 Å². The first-order chi connectivity index (χ1) is 9.70. The number of nitrogens with zero attached hydrogens (tertiary/aromatic N) is 1. The van der Waals surface area contributed by atoms with Crippen molar-refractivity contribution >= 4 is 0 Å². The van der Waals surface area contributed by atoms with Gasteiger partial charge in [-0.1, -0.05) is 36.8 Å². The van der Waals surface area contributed by atoms with Crippen LogP contribution in [0, 0.1) is 12.3 Å². The SMILES string of the molecule is C#CCC1(O)CC2CCCC(C1)N2Cc1ccccc1. The van der Waals surface area contributed by atoms with Crippen LogP contribution in [0.3, 0.4) is 0 Å². The molecule has 1 aromatic carbocycles. The fourth-order valence-corrected chi connectivity index (χ4v) is 4.00. The highest BCUT2D eigenvalue weighted by atomic mass is 16.3. The molecular weight excluding hydrogens is 246 g/mol. The maximum Gasteiger partial charge on any atom is 0.0786 e. The number of hydrogen-bond acceptors (Lipinski definition) is 2. The summed E-state index contributed by atoms with van der Waals surface area (Å²) in [6.07, 6.45) is 11.3. The van der Waals surface area contributed by atoms with Crippen LogP contribution in [-0.4, -0.2) is 27.7 Å². The van der Waals surface area contributed by atoms with E-state index in [0.29, 0.717) is 18.5 Å². The molecule has 0 spiro atoms. The van der Waals surface area contributed by atoms with Crippen molar-refractivity contribution in [1.82, 2.24) is 4.90 Å². The quantitative estimate of drug-likeness (QED) is 0.853. The van der Waals surface area contributed by atoms with Crippen molar-refractivity contribution in [3.8, 4) is 12.3 Å². The smallest absolute Gasteiger partial charge is 0.0786 e. The third-order valence-corrected chi connectivity index (χ3v) is 4.88. The molecule has 2 heterocycles. The van der Waals surface area contributed by atoms with Gasteiger partial charge in [-0.05, 0) is 31.2 Å². The lowest BCUT2D eigenvalue weighted by atomic mass is 9.74. The average molecular weight is 269 g/mol. The summed E-state index contributed by atoms with van der Waals surface area (Å²) < 4.78 is 0. The van der Waals surface area contributed by atoms with Crippen LogP contribution in [0.4, 0.5) is 0 Å². The average Bonchev–Trinajstić information content (AvgIpc) is 2.41. The number of piperidine rings is 2. The Morgan fingerprint density at radius 1 is 1.20 bits per heavy atom. The number of terminal acetylenes is 1. The van der Waals surface area contributed by atoms with Crippen LogP contribution in [0.2, 0.25) is 0 Å². The molecular formula is C18H23NO. The Balaban J connectivity index is 1.75. The minimum absolute atomic E-state index is 0.487. The zero-order chi connectivity index (χ0) is 14.0. The van der Waals surface area contributed by atoms with E-state index >= 15 is 0 Å². The van der Waals surface area contributed by atoms with Crippen LogP contribution >= 0.6 is 0 Å².